The number of hydrogen-bond donors (Lipinski definition) is 0. The summed E-state index contributed by atoms with van der Waals surface area (Å²) in [6.45, 7) is 7.57. The zero-order chi connectivity index (χ0) is 20.0. The standard InChI is InChI=1S/C19H29N3O4S/c1-4-10-21(11-5-2)19(24)17-13-15(7-9-20-17)18(23)22(6-3)16-8-12-27(25,26)14-16/h7,9,13,16H,4-6,8,10-12,14H2,1-3H3. The first-order chi connectivity index (χ1) is 12.8. The zero-order valence-electron chi connectivity index (χ0n) is 16.3. The third-order valence-electron chi connectivity index (χ3n) is 4.75. The first kappa shape index (κ1) is 21.3. The minimum Gasteiger partial charge on any atom is -0.337 e. The maximum Gasteiger partial charge on any atom is 0.272 e. The summed E-state index contributed by atoms with van der Waals surface area (Å²) in [7, 11) is -3.08. The van der Waals surface area contributed by atoms with E-state index in [9.17, 15) is 18.0 Å². The van der Waals surface area contributed by atoms with Gasteiger partial charge in [-0.2, -0.15) is 0 Å². The highest BCUT2D eigenvalue weighted by Crippen LogP contribution is 2.20. The van der Waals surface area contributed by atoms with Crippen LogP contribution in [0.4, 0.5) is 0 Å². The van der Waals surface area contributed by atoms with Crippen molar-refractivity contribution in [1.82, 2.24) is 14.8 Å². The molecule has 0 aliphatic carbocycles. The van der Waals surface area contributed by atoms with Gasteiger partial charge < -0.3 is 9.80 Å². The molecule has 8 heteroatoms. The molecule has 2 rings (SSSR count). The number of sulfone groups is 1. The van der Waals surface area contributed by atoms with Crippen molar-refractivity contribution >= 4 is 21.7 Å². The summed E-state index contributed by atoms with van der Waals surface area (Å²) >= 11 is 0. The molecule has 1 unspecified atom stereocenters. The van der Waals surface area contributed by atoms with Crippen molar-refractivity contribution in [2.75, 3.05) is 31.1 Å². The van der Waals surface area contributed by atoms with Crippen LogP contribution in [0.5, 0.6) is 0 Å². The number of hydrogen-bond acceptors (Lipinski definition) is 5. The highest BCUT2D eigenvalue weighted by atomic mass is 32.2. The van der Waals surface area contributed by atoms with Crippen LogP contribution in [0.3, 0.4) is 0 Å². The van der Waals surface area contributed by atoms with Crippen LogP contribution in [0.15, 0.2) is 18.3 Å². The summed E-state index contributed by atoms with van der Waals surface area (Å²) in [5.41, 5.74) is 0.616. The Balaban J connectivity index is 2.22. The SMILES string of the molecule is CCCN(CCC)C(=O)c1cc(C(=O)N(CC)C2CCS(=O)(=O)C2)ccn1. The predicted molar refractivity (Wildman–Crippen MR) is 104 cm³/mol. The van der Waals surface area contributed by atoms with Gasteiger partial charge in [0.05, 0.1) is 11.5 Å². The Morgan fingerprint density at radius 2 is 1.81 bits per heavy atom. The number of nitrogens with zero attached hydrogens (tertiary/aromatic N) is 3. The molecular weight excluding hydrogens is 366 g/mol. The smallest absolute Gasteiger partial charge is 0.272 e. The Hall–Kier alpha value is -1.96. The fourth-order valence-electron chi connectivity index (χ4n) is 3.45. The number of carbonyl (C=O) groups excluding carboxylic acids is 2. The van der Waals surface area contributed by atoms with Gasteiger partial charge >= 0.3 is 0 Å². The molecule has 0 N–H and O–H groups in total. The summed E-state index contributed by atoms with van der Waals surface area (Å²) in [5.74, 6) is -0.317. The van der Waals surface area contributed by atoms with Crippen molar-refractivity contribution in [2.45, 2.75) is 46.1 Å². The lowest BCUT2D eigenvalue weighted by atomic mass is 10.1. The van der Waals surface area contributed by atoms with Crippen molar-refractivity contribution in [2.24, 2.45) is 0 Å². The molecule has 150 valence electrons. The second-order valence-corrected chi connectivity index (χ2v) is 9.10. The van der Waals surface area contributed by atoms with Crippen LogP contribution in [-0.4, -0.2) is 72.2 Å². The molecule has 1 atom stereocenters. The largest absolute Gasteiger partial charge is 0.337 e. The normalized spacial score (nSPS) is 18.3. The van der Waals surface area contributed by atoms with Gasteiger partial charge in [0, 0.05) is 37.4 Å². The van der Waals surface area contributed by atoms with Crippen LogP contribution >= 0.6 is 0 Å². The van der Waals surface area contributed by atoms with Gasteiger partial charge in [0.15, 0.2) is 9.84 Å². The number of rotatable bonds is 8. The van der Waals surface area contributed by atoms with E-state index in [-0.39, 0.29) is 35.1 Å². The summed E-state index contributed by atoms with van der Waals surface area (Å²) in [4.78, 5) is 33.2. The average Bonchev–Trinajstić information content (AvgIpc) is 3.01. The van der Waals surface area contributed by atoms with Gasteiger partial charge in [-0.05, 0) is 38.3 Å². The molecular formula is C19H29N3O4S. The molecule has 2 amide bonds. The summed E-state index contributed by atoms with van der Waals surface area (Å²) in [5, 5.41) is 0. The second-order valence-electron chi connectivity index (χ2n) is 6.87. The topological polar surface area (TPSA) is 87.7 Å². The van der Waals surface area contributed by atoms with E-state index in [1.165, 1.54) is 12.3 Å². The molecule has 0 saturated carbocycles. The van der Waals surface area contributed by atoms with E-state index in [1.54, 1.807) is 15.9 Å². The molecule has 1 saturated heterocycles. The van der Waals surface area contributed by atoms with Crippen molar-refractivity contribution in [3.63, 3.8) is 0 Å². The number of aromatic nitrogens is 1. The average molecular weight is 396 g/mol. The lowest BCUT2D eigenvalue weighted by molar-refractivity contribution is 0.0708. The van der Waals surface area contributed by atoms with Crippen LogP contribution in [0.2, 0.25) is 0 Å². The molecule has 1 aliphatic rings. The summed E-state index contributed by atoms with van der Waals surface area (Å²) in [6, 6.07) is 2.79. The van der Waals surface area contributed by atoms with E-state index in [1.807, 2.05) is 20.8 Å². The first-order valence-corrected chi connectivity index (χ1v) is 11.4. The van der Waals surface area contributed by atoms with Gasteiger partial charge in [-0.1, -0.05) is 13.8 Å². The highest BCUT2D eigenvalue weighted by Gasteiger charge is 2.34. The molecule has 0 spiro atoms. The molecule has 1 fully saturated rings. The Bertz CT molecular complexity index is 773. The quantitative estimate of drug-likeness (QED) is 0.672. The molecule has 27 heavy (non-hydrogen) atoms. The van der Waals surface area contributed by atoms with E-state index < -0.39 is 9.84 Å². The second kappa shape index (κ2) is 9.30. The fourth-order valence-corrected chi connectivity index (χ4v) is 5.18. The van der Waals surface area contributed by atoms with Gasteiger partial charge in [-0.25, -0.2) is 8.42 Å². The number of amides is 2. The van der Waals surface area contributed by atoms with Crippen molar-refractivity contribution in [1.29, 1.82) is 0 Å². The number of carbonyl (C=O) groups is 2. The van der Waals surface area contributed by atoms with Crippen LogP contribution in [0, 0.1) is 0 Å². The minimum atomic E-state index is -3.08. The fraction of sp³-hybridized carbons (Fsp3) is 0.632. The van der Waals surface area contributed by atoms with Crippen molar-refractivity contribution < 1.29 is 18.0 Å². The molecule has 1 aliphatic heterocycles. The number of pyridine rings is 1. The van der Waals surface area contributed by atoms with Crippen LogP contribution in [0.1, 0.15) is 60.9 Å². The molecule has 2 heterocycles. The maximum atomic E-state index is 12.9. The van der Waals surface area contributed by atoms with E-state index in [0.717, 1.165) is 12.8 Å². The van der Waals surface area contributed by atoms with Crippen LogP contribution < -0.4 is 0 Å². The van der Waals surface area contributed by atoms with Gasteiger partial charge in [0.1, 0.15) is 5.69 Å². The van der Waals surface area contributed by atoms with Gasteiger partial charge in [-0.15, -0.1) is 0 Å². The van der Waals surface area contributed by atoms with E-state index in [2.05, 4.69) is 4.98 Å². The minimum absolute atomic E-state index is 0.00420. The van der Waals surface area contributed by atoms with Crippen LogP contribution in [-0.2, 0) is 9.84 Å². The Morgan fingerprint density at radius 1 is 1.15 bits per heavy atom. The summed E-state index contributed by atoms with van der Waals surface area (Å²) in [6.07, 6.45) is 3.63. The van der Waals surface area contributed by atoms with E-state index >= 15 is 0 Å². The predicted octanol–water partition coefficient (Wildman–Crippen LogP) is 1.99. The monoisotopic (exact) mass is 395 g/mol. The Morgan fingerprint density at radius 3 is 2.33 bits per heavy atom. The third-order valence-corrected chi connectivity index (χ3v) is 6.50. The molecule has 0 bridgehead atoms. The Labute approximate surface area is 161 Å². The first-order valence-electron chi connectivity index (χ1n) is 9.59. The van der Waals surface area contributed by atoms with Crippen LogP contribution in [0.25, 0.3) is 0 Å². The van der Waals surface area contributed by atoms with Crippen molar-refractivity contribution in [3.05, 3.63) is 29.6 Å². The third kappa shape index (κ3) is 5.28. The molecule has 1 aromatic rings. The summed E-state index contributed by atoms with van der Waals surface area (Å²) < 4.78 is 23.5. The molecule has 7 nitrogen and oxygen atoms in total. The molecule has 0 radical (unpaired) electrons. The van der Waals surface area contributed by atoms with Gasteiger partial charge in [0.25, 0.3) is 11.8 Å². The maximum absolute atomic E-state index is 12.9. The zero-order valence-corrected chi connectivity index (χ0v) is 17.2. The lowest BCUT2D eigenvalue weighted by Gasteiger charge is -2.27. The van der Waals surface area contributed by atoms with E-state index in [0.29, 0.717) is 31.6 Å². The van der Waals surface area contributed by atoms with Gasteiger partial charge in [0.2, 0.25) is 0 Å². The lowest BCUT2D eigenvalue weighted by Crippen LogP contribution is -2.41. The highest BCUT2D eigenvalue weighted by molar-refractivity contribution is 7.91. The van der Waals surface area contributed by atoms with E-state index in [4.69, 9.17) is 0 Å². The molecule has 1 aromatic heterocycles. The Kier molecular flexibility index (Phi) is 7.35. The van der Waals surface area contributed by atoms with Gasteiger partial charge in [-0.3, -0.25) is 14.6 Å². The molecule has 0 aromatic carbocycles. The van der Waals surface area contributed by atoms with Crippen molar-refractivity contribution in [3.8, 4) is 0 Å².